The van der Waals surface area contributed by atoms with Gasteiger partial charge >= 0.3 is 6.09 Å². The Labute approximate surface area is 124 Å². The van der Waals surface area contributed by atoms with Gasteiger partial charge in [0.05, 0.1) is 5.69 Å². The van der Waals surface area contributed by atoms with Gasteiger partial charge in [-0.3, -0.25) is 4.90 Å². The van der Waals surface area contributed by atoms with Crippen LogP contribution < -0.4 is 4.90 Å². The fourth-order valence-corrected chi connectivity index (χ4v) is 3.67. The summed E-state index contributed by atoms with van der Waals surface area (Å²) in [5, 5.41) is 13.9. The Morgan fingerprint density at radius 1 is 1.42 bits per heavy atom. The van der Waals surface area contributed by atoms with Crippen molar-refractivity contribution in [2.45, 2.75) is 40.2 Å². The third kappa shape index (κ3) is 2.25. The minimum Gasteiger partial charge on any atom is -0.465 e. The van der Waals surface area contributed by atoms with Crippen LogP contribution in [0.25, 0.3) is 4.83 Å². The highest BCUT2D eigenvalue weighted by Crippen LogP contribution is 2.38. The van der Waals surface area contributed by atoms with Crippen LogP contribution in [0.15, 0.2) is 4.60 Å². The molecule has 0 saturated carbocycles. The normalized spacial score (nSPS) is 12.1. The summed E-state index contributed by atoms with van der Waals surface area (Å²) in [5.74, 6) is 0. The third-order valence-electron chi connectivity index (χ3n) is 2.80. The maximum atomic E-state index is 11.6. The first-order chi connectivity index (χ1) is 8.64. The van der Waals surface area contributed by atoms with Gasteiger partial charge in [-0.1, -0.05) is 0 Å². The monoisotopic (exact) mass is 345 g/mol. The predicted octanol–water partition coefficient (Wildman–Crippen LogP) is 4.06. The molecule has 1 amide bonds. The average molecular weight is 346 g/mol. The Kier molecular flexibility index (Phi) is 3.38. The average Bonchev–Trinajstić information content (AvgIpc) is 2.67. The van der Waals surface area contributed by atoms with Gasteiger partial charge < -0.3 is 5.11 Å². The highest BCUT2D eigenvalue weighted by atomic mass is 79.9. The Morgan fingerprint density at radius 2 is 2.00 bits per heavy atom. The maximum Gasteiger partial charge on any atom is 0.412 e. The molecule has 7 heteroatoms. The Bertz CT molecular complexity index is 654. The number of rotatable bonds is 1. The number of carboxylic acid groups (broad SMARTS) is 1. The molecule has 19 heavy (non-hydrogen) atoms. The van der Waals surface area contributed by atoms with E-state index in [-0.39, 0.29) is 0 Å². The molecule has 5 nitrogen and oxygen atoms in total. The summed E-state index contributed by atoms with van der Waals surface area (Å²) < 4.78 is 2.63. The highest BCUT2D eigenvalue weighted by molar-refractivity contribution is 9.10. The third-order valence-corrected chi connectivity index (χ3v) is 5.05. The number of anilines is 1. The van der Waals surface area contributed by atoms with Crippen LogP contribution in [-0.4, -0.2) is 26.4 Å². The van der Waals surface area contributed by atoms with Crippen LogP contribution in [0, 0.1) is 13.8 Å². The molecule has 2 rings (SSSR count). The van der Waals surface area contributed by atoms with E-state index >= 15 is 0 Å². The number of thiazole rings is 1. The molecule has 0 spiro atoms. The summed E-state index contributed by atoms with van der Waals surface area (Å²) in [7, 11) is 0. The van der Waals surface area contributed by atoms with Crippen molar-refractivity contribution in [3.63, 3.8) is 0 Å². The molecule has 0 radical (unpaired) electrons. The first kappa shape index (κ1) is 14.3. The van der Waals surface area contributed by atoms with Crippen LogP contribution in [0.2, 0.25) is 0 Å². The molecule has 0 aliphatic rings. The van der Waals surface area contributed by atoms with E-state index in [0.717, 1.165) is 14.3 Å². The summed E-state index contributed by atoms with van der Waals surface area (Å²) in [5.41, 5.74) is 0.855. The predicted molar refractivity (Wildman–Crippen MR) is 80.5 cm³/mol. The number of hydrogen-bond acceptors (Lipinski definition) is 3. The van der Waals surface area contributed by atoms with Gasteiger partial charge in [0.2, 0.25) is 0 Å². The van der Waals surface area contributed by atoms with Crippen LogP contribution in [-0.2, 0) is 0 Å². The molecule has 0 aromatic carbocycles. The minimum absolute atomic E-state index is 0.523. The first-order valence-corrected chi connectivity index (χ1v) is 7.43. The summed E-state index contributed by atoms with van der Waals surface area (Å²) in [4.78, 5) is 14.9. The molecule has 0 aliphatic heterocycles. The van der Waals surface area contributed by atoms with Crippen LogP contribution in [0.5, 0.6) is 0 Å². The zero-order chi connectivity index (χ0) is 14.5. The lowest BCUT2D eigenvalue weighted by Crippen LogP contribution is -2.45. The van der Waals surface area contributed by atoms with Crippen molar-refractivity contribution in [1.82, 2.24) is 9.61 Å². The Balaban J connectivity index is 2.76. The zero-order valence-electron chi connectivity index (χ0n) is 11.5. The van der Waals surface area contributed by atoms with E-state index < -0.39 is 11.6 Å². The zero-order valence-corrected chi connectivity index (χ0v) is 13.9. The van der Waals surface area contributed by atoms with Crippen LogP contribution in [0.3, 0.4) is 0 Å². The molecule has 0 bridgehead atoms. The van der Waals surface area contributed by atoms with Gasteiger partial charge in [0.1, 0.15) is 15.1 Å². The molecule has 2 aromatic heterocycles. The van der Waals surface area contributed by atoms with Crippen molar-refractivity contribution in [1.29, 1.82) is 0 Å². The molecule has 0 saturated heterocycles. The van der Waals surface area contributed by atoms with E-state index in [2.05, 4.69) is 21.0 Å². The lowest BCUT2D eigenvalue weighted by molar-refractivity contribution is 0.195. The molecule has 0 unspecified atom stereocenters. The molecular formula is C12H16BrN3O2S. The standard InChI is InChI=1S/C12H16BrN3O2S/c1-6-8(15(11(17)18)12(3,4)5)10-16(14-6)9(13)7(2)19-10/h1-5H3,(H,17,18). The number of aromatic nitrogens is 2. The molecule has 2 aromatic rings. The van der Waals surface area contributed by atoms with Crippen LogP contribution >= 0.6 is 27.3 Å². The van der Waals surface area contributed by atoms with Gasteiger partial charge in [-0.15, -0.1) is 11.3 Å². The van der Waals surface area contributed by atoms with Crippen LogP contribution in [0.1, 0.15) is 31.3 Å². The van der Waals surface area contributed by atoms with E-state index in [1.165, 1.54) is 16.2 Å². The van der Waals surface area contributed by atoms with Crippen molar-refractivity contribution >= 4 is 43.9 Å². The molecule has 0 atom stereocenters. The quantitative estimate of drug-likeness (QED) is 0.847. The van der Waals surface area contributed by atoms with E-state index in [9.17, 15) is 9.90 Å². The molecule has 0 aliphatic carbocycles. The molecule has 2 heterocycles. The van der Waals surface area contributed by atoms with E-state index in [4.69, 9.17) is 0 Å². The van der Waals surface area contributed by atoms with Crippen molar-refractivity contribution in [3.8, 4) is 0 Å². The SMILES string of the molecule is Cc1nn2c(Br)c(C)sc2c1N(C(=O)O)C(C)(C)C. The van der Waals surface area contributed by atoms with E-state index in [1.54, 1.807) is 4.52 Å². The number of aryl methyl sites for hydroxylation is 2. The van der Waals surface area contributed by atoms with Gasteiger partial charge in [-0.2, -0.15) is 5.10 Å². The Hall–Kier alpha value is -1.08. The summed E-state index contributed by atoms with van der Waals surface area (Å²) in [6, 6.07) is 0. The lowest BCUT2D eigenvalue weighted by Gasteiger charge is -2.32. The van der Waals surface area contributed by atoms with E-state index in [1.807, 2.05) is 34.6 Å². The van der Waals surface area contributed by atoms with Gasteiger partial charge in [-0.25, -0.2) is 9.31 Å². The lowest BCUT2D eigenvalue weighted by atomic mass is 10.1. The van der Waals surface area contributed by atoms with Gasteiger partial charge in [0, 0.05) is 10.4 Å². The molecule has 1 N–H and O–H groups in total. The number of halogens is 1. The van der Waals surface area contributed by atoms with Gasteiger partial charge in [-0.05, 0) is 50.5 Å². The smallest absolute Gasteiger partial charge is 0.412 e. The fraction of sp³-hybridized carbons (Fsp3) is 0.500. The number of fused-ring (bicyclic) bond motifs is 1. The Morgan fingerprint density at radius 3 is 2.47 bits per heavy atom. The van der Waals surface area contributed by atoms with Crippen LogP contribution in [0.4, 0.5) is 10.5 Å². The fourth-order valence-electron chi connectivity index (χ4n) is 2.03. The summed E-state index contributed by atoms with van der Waals surface area (Å²) in [6.07, 6.45) is -0.965. The highest BCUT2D eigenvalue weighted by Gasteiger charge is 2.33. The largest absolute Gasteiger partial charge is 0.465 e. The minimum atomic E-state index is -0.965. The first-order valence-electron chi connectivity index (χ1n) is 5.82. The van der Waals surface area contributed by atoms with E-state index in [0.29, 0.717) is 11.4 Å². The second-order valence-corrected chi connectivity index (χ2v) is 7.34. The van der Waals surface area contributed by atoms with Crippen molar-refractivity contribution < 1.29 is 9.90 Å². The second-order valence-electron chi connectivity index (χ2n) is 5.39. The second kappa shape index (κ2) is 4.49. The van der Waals surface area contributed by atoms with Gasteiger partial charge in [0.15, 0.2) is 0 Å². The van der Waals surface area contributed by atoms with Gasteiger partial charge in [0.25, 0.3) is 0 Å². The molecule has 104 valence electrons. The molecule has 0 fully saturated rings. The summed E-state index contributed by atoms with van der Waals surface area (Å²) >= 11 is 5.02. The van der Waals surface area contributed by atoms with Crippen molar-refractivity contribution in [3.05, 3.63) is 15.2 Å². The van der Waals surface area contributed by atoms with Crippen molar-refractivity contribution in [2.24, 2.45) is 0 Å². The number of amides is 1. The summed E-state index contributed by atoms with van der Waals surface area (Å²) in [6.45, 7) is 9.43. The number of carbonyl (C=O) groups is 1. The number of nitrogens with zero attached hydrogens (tertiary/aromatic N) is 3. The maximum absolute atomic E-state index is 11.6. The molecular weight excluding hydrogens is 330 g/mol. The number of hydrogen-bond donors (Lipinski definition) is 1. The van der Waals surface area contributed by atoms with Crippen molar-refractivity contribution in [2.75, 3.05) is 4.90 Å². The topological polar surface area (TPSA) is 57.8 Å².